The molecule has 0 aliphatic heterocycles. The average molecular weight is 414 g/mol. The van der Waals surface area contributed by atoms with Crippen LogP contribution in [-0.4, -0.2) is 10.2 Å². The van der Waals surface area contributed by atoms with E-state index in [2.05, 4.69) is 0 Å². The second kappa shape index (κ2) is 7.55. The number of nitrogens with zero attached hydrogens (tertiary/aromatic N) is 2. The highest BCUT2D eigenvalue weighted by molar-refractivity contribution is 7.22. The molecular weight excluding hydrogens is 400 g/mol. The first-order chi connectivity index (χ1) is 13.3. The van der Waals surface area contributed by atoms with Gasteiger partial charge in [-0.15, -0.1) is 0 Å². The molecule has 0 saturated heterocycles. The maximum Gasteiger partial charge on any atom is 0.287 e. The largest absolute Gasteiger partial charge is 0.364 e. The lowest BCUT2D eigenvalue weighted by atomic mass is 9.91. The summed E-state index contributed by atoms with van der Waals surface area (Å²) < 4.78 is 27.9. The van der Waals surface area contributed by atoms with E-state index >= 15 is 4.39 Å². The number of benzene rings is 2. The Morgan fingerprint density at radius 3 is 2.68 bits per heavy atom. The third-order valence-electron chi connectivity index (χ3n) is 4.51. The number of nitrogens with two attached hydrogens (primary N) is 1. The molecule has 3 aromatic rings. The zero-order valence-electron chi connectivity index (χ0n) is 15.0. The van der Waals surface area contributed by atoms with Crippen molar-refractivity contribution in [3.63, 3.8) is 0 Å². The van der Waals surface area contributed by atoms with Gasteiger partial charge in [-0.2, -0.15) is 5.26 Å². The van der Waals surface area contributed by atoms with E-state index in [0.717, 1.165) is 15.5 Å². The van der Waals surface area contributed by atoms with Crippen LogP contribution in [0.5, 0.6) is 0 Å². The predicted molar refractivity (Wildman–Crippen MR) is 108 cm³/mol. The van der Waals surface area contributed by atoms with Crippen LogP contribution in [0.3, 0.4) is 0 Å². The number of amides is 1. The number of allylic oxidation sites excluding steroid dienone is 1. The van der Waals surface area contributed by atoms with Crippen molar-refractivity contribution in [2.75, 3.05) is 0 Å². The van der Waals surface area contributed by atoms with E-state index in [-0.39, 0.29) is 27.2 Å². The topological polar surface area (TPSA) is 88.9 Å². The van der Waals surface area contributed by atoms with E-state index in [1.54, 1.807) is 19.1 Å². The maximum absolute atomic E-state index is 15.0. The monoisotopic (exact) mass is 413 g/mol. The summed E-state index contributed by atoms with van der Waals surface area (Å²) in [6.45, 7) is 3.63. The van der Waals surface area contributed by atoms with Crippen LogP contribution in [0.4, 0.5) is 4.39 Å². The van der Waals surface area contributed by atoms with Crippen LogP contribution >= 0.6 is 20.2 Å². The van der Waals surface area contributed by atoms with E-state index in [0.29, 0.717) is 11.1 Å². The molecule has 5 nitrogen and oxygen atoms in total. The molecule has 28 heavy (non-hydrogen) atoms. The summed E-state index contributed by atoms with van der Waals surface area (Å²) >= 11 is 5.97. The minimum atomic E-state index is -0.847. The zero-order valence-corrected chi connectivity index (χ0v) is 16.6. The summed E-state index contributed by atoms with van der Waals surface area (Å²) in [5.41, 5.74) is 8.75. The average Bonchev–Trinajstić information content (AvgIpc) is 3.00. The van der Waals surface area contributed by atoms with Crippen molar-refractivity contribution in [2.24, 2.45) is 5.73 Å². The smallest absolute Gasteiger partial charge is 0.287 e. The molecule has 1 aromatic heterocycles. The molecule has 0 fully saturated rings. The normalized spacial score (nSPS) is 11.4. The van der Waals surface area contributed by atoms with Crippen LogP contribution in [0, 0.1) is 31.0 Å². The molecule has 0 saturated carbocycles. The number of nitriles is 1. The van der Waals surface area contributed by atoms with Crippen molar-refractivity contribution in [1.29, 1.82) is 5.26 Å². The SMILES string of the molecule is Cc1cc(/C=C/C#N)c(C)c(-c2c(C(N)=O)n(P=O)c3ccc(Cl)c(F)c23)c1. The number of aromatic nitrogens is 1. The number of primary amides is 1. The van der Waals surface area contributed by atoms with Crippen molar-refractivity contribution < 1.29 is 13.8 Å². The molecule has 2 N–H and O–H groups in total. The molecule has 8 heteroatoms. The van der Waals surface area contributed by atoms with Gasteiger partial charge >= 0.3 is 0 Å². The number of aryl methyl sites for hydroxylation is 1. The lowest BCUT2D eigenvalue weighted by Crippen LogP contribution is -2.15. The van der Waals surface area contributed by atoms with Gasteiger partial charge in [-0.3, -0.25) is 9.13 Å². The third-order valence-corrected chi connectivity index (χ3v) is 5.38. The van der Waals surface area contributed by atoms with Crippen molar-refractivity contribution in [3.8, 4) is 17.2 Å². The fraction of sp³-hybridized carbons (Fsp3) is 0.100. The fourth-order valence-corrected chi connectivity index (χ4v) is 4.01. The molecule has 2 aromatic carbocycles. The lowest BCUT2D eigenvalue weighted by Gasteiger charge is -2.12. The summed E-state index contributed by atoms with van der Waals surface area (Å²) in [5, 5.41) is 8.77. The number of rotatable bonds is 4. The zero-order chi connectivity index (χ0) is 20.6. The molecule has 0 aliphatic rings. The quantitative estimate of drug-likeness (QED) is 0.458. The Morgan fingerprint density at radius 2 is 2.07 bits per heavy atom. The molecule has 0 aliphatic carbocycles. The van der Waals surface area contributed by atoms with Crippen LogP contribution in [0.1, 0.15) is 27.2 Å². The Bertz CT molecular complexity index is 1220. The first-order valence-electron chi connectivity index (χ1n) is 8.15. The number of carbonyl (C=O) groups excluding carboxylic acids is 1. The number of hydrogen-bond donors (Lipinski definition) is 1. The van der Waals surface area contributed by atoms with E-state index in [1.165, 1.54) is 18.2 Å². The lowest BCUT2D eigenvalue weighted by molar-refractivity contribution is 0.0996. The van der Waals surface area contributed by atoms with E-state index in [1.807, 2.05) is 19.1 Å². The summed E-state index contributed by atoms with van der Waals surface area (Å²) in [6, 6.07) is 8.41. The van der Waals surface area contributed by atoms with Crippen molar-refractivity contribution in [2.45, 2.75) is 13.8 Å². The van der Waals surface area contributed by atoms with Gasteiger partial charge in [0.2, 0.25) is 0 Å². The molecule has 0 radical (unpaired) electrons. The molecular formula is C20H14ClFN3O2P. The molecule has 0 bridgehead atoms. The van der Waals surface area contributed by atoms with Gasteiger partial charge in [0.1, 0.15) is 5.69 Å². The number of hydrogen-bond acceptors (Lipinski definition) is 3. The van der Waals surface area contributed by atoms with Gasteiger partial charge in [-0.05, 0) is 54.3 Å². The van der Waals surface area contributed by atoms with Crippen molar-refractivity contribution in [3.05, 3.63) is 63.6 Å². The third kappa shape index (κ3) is 3.09. The highest BCUT2D eigenvalue weighted by Gasteiger charge is 2.27. The van der Waals surface area contributed by atoms with E-state index < -0.39 is 20.3 Å². The Balaban J connectivity index is 2.56. The van der Waals surface area contributed by atoms with Crippen LogP contribution in [0.2, 0.25) is 5.02 Å². The van der Waals surface area contributed by atoms with Gasteiger partial charge < -0.3 is 5.73 Å². The molecule has 1 amide bonds. The second-order valence-corrected chi connectivity index (χ2v) is 7.20. The Kier molecular flexibility index (Phi) is 5.33. The van der Waals surface area contributed by atoms with Gasteiger partial charge in [-0.1, -0.05) is 23.7 Å². The van der Waals surface area contributed by atoms with Gasteiger partial charge in [0.05, 0.1) is 16.6 Å². The summed E-state index contributed by atoms with van der Waals surface area (Å²) in [5.74, 6) is -1.57. The highest BCUT2D eigenvalue weighted by Crippen LogP contribution is 2.42. The molecule has 3 rings (SSSR count). The van der Waals surface area contributed by atoms with Gasteiger partial charge in [-0.25, -0.2) is 8.96 Å². The number of halogens is 2. The standard InChI is InChI=1S/C20H14ClFN3O2P/c1-10-8-12(4-3-7-23)11(2)13(9-10)16-17-15(6-5-14(21)18(17)22)25(28-27)19(16)20(24)26/h3-6,8-9H,1-2H3,(H2,24,26)/b4-3+. The second-order valence-electron chi connectivity index (χ2n) is 6.23. The Hall–Kier alpha value is -3.00. The summed E-state index contributed by atoms with van der Waals surface area (Å²) in [7, 11) is -0.532. The van der Waals surface area contributed by atoms with Crippen LogP contribution in [0.25, 0.3) is 28.1 Å². The minimum absolute atomic E-state index is 0.0635. The minimum Gasteiger partial charge on any atom is -0.364 e. The first kappa shape index (κ1) is 19.8. The highest BCUT2D eigenvalue weighted by atomic mass is 35.5. The van der Waals surface area contributed by atoms with Crippen molar-refractivity contribution in [1.82, 2.24) is 4.34 Å². The number of carbonyl (C=O) groups is 1. The van der Waals surface area contributed by atoms with E-state index in [4.69, 9.17) is 22.6 Å². The molecule has 140 valence electrons. The first-order valence-corrected chi connectivity index (χ1v) is 9.29. The summed E-state index contributed by atoms with van der Waals surface area (Å²) in [4.78, 5) is 12.2. The fourth-order valence-electron chi connectivity index (χ4n) is 3.32. The maximum atomic E-state index is 15.0. The summed E-state index contributed by atoms with van der Waals surface area (Å²) in [6.07, 6.45) is 2.96. The van der Waals surface area contributed by atoms with Crippen molar-refractivity contribution >= 4 is 43.1 Å². The van der Waals surface area contributed by atoms with E-state index in [9.17, 15) is 9.36 Å². The molecule has 0 spiro atoms. The van der Waals surface area contributed by atoms with Crippen LogP contribution in [-0.2, 0) is 4.57 Å². The number of fused-ring (bicyclic) bond motifs is 1. The molecule has 0 unspecified atom stereocenters. The van der Waals surface area contributed by atoms with Gasteiger partial charge in [0.15, 0.2) is 5.82 Å². The molecule has 1 heterocycles. The van der Waals surface area contributed by atoms with Gasteiger partial charge in [0, 0.05) is 17.0 Å². The Labute approximate surface area is 167 Å². The Morgan fingerprint density at radius 1 is 1.36 bits per heavy atom. The predicted octanol–water partition coefficient (Wildman–Crippen LogP) is 5.41. The van der Waals surface area contributed by atoms with Gasteiger partial charge in [0.25, 0.3) is 14.5 Å². The molecule has 0 atom stereocenters. The van der Waals surface area contributed by atoms with Crippen LogP contribution in [0.15, 0.2) is 30.3 Å². The van der Waals surface area contributed by atoms with Crippen LogP contribution < -0.4 is 5.73 Å².